The Morgan fingerprint density at radius 2 is 1.93 bits per heavy atom. The van der Waals surface area contributed by atoms with Gasteiger partial charge in [-0.3, -0.25) is 9.59 Å². The largest absolute Gasteiger partial charge is 0.462 e. The highest BCUT2D eigenvalue weighted by atomic mass is 32.2. The number of esters is 1. The van der Waals surface area contributed by atoms with Gasteiger partial charge in [0.1, 0.15) is 5.00 Å². The summed E-state index contributed by atoms with van der Waals surface area (Å²) < 4.78 is 12.4. The van der Waals surface area contributed by atoms with Crippen molar-refractivity contribution in [2.45, 2.75) is 69.4 Å². The molecule has 3 aromatic heterocycles. The normalized spacial score (nSPS) is 13.3. The van der Waals surface area contributed by atoms with Gasteiger partial charge in [0.15, 0.2) is 16.7 Å². The van der Waals surface area contributed by atoms with Crippen molar-refractivity contribution >= 4 is 45.9 Å². The number of rotatable bonds is 12. The molecule has 1 aliphatic rings. The third kappa shape index (κ3) is 6.93. The Hall–Kier alpha value is -3.90. The lowest BCUT2D eigenvalue weighted by atomic mass is 9.95. The summed E-state index contributed by atoms with van der Waals surface area (Å²) in [6.07, 6.45) is 5.95. The summed E-state index contributed by atoms with van der Waals surface area (Å²) in [5.41, 5.74) is 2.64. The van der Waals surface area contributed by atoms with Crippen molar-refractivity contribution in [3.63, 3.8) is 0 Å². The van der Waals surface area contributed by atoms with Gasteiger partial charge in [-0.25, -0.2) is 4.79 Å². The quantitative estimate of drug-likeness (QED) is 0.164. The number of nitrogens with zero attached hydrogens (tertiary/aromatic N) is 3. The lowest BCUT2D eigenvalue weighted by Crippen LogP contribution is -2.25. The number of aromatic nitrogens is 3. The topological polar surface area (TPSA) is 128 Å². The zero-order valence-corrected chi connectivity index (χ0v) is 25.2. The van der Waals surface area contributed by atoms with Crippen molar-refractivity contribution in [3.05, 3.63) is 81.9 Å². The van der Waals surface area contributed by atoms with Crippen molar-refractivity contribution in [2.75, 3.05) is 11.9 Å². The van der Waals surface area contributed by atoms with Crippen LogP contribution in [0.25, 0.3) is 0 Å². The van der Waals surface area contributed by atoms with Crippen LogP contribution in [0.15, 0.2) is 58.3 Å². The highest BCUT2D eigenvalue weighted by Gasteiger charge is 2.29. The number of thioether (sulfide) groups is 1. The summed E-state index contributed by atoms with van der Waals surface area (Å²) in [5, 5.41) is 15.1. The number of anilines is 1. The van der Waals surface area contributed by atoms with Crippen molar-refractivity contribution in [1.29, 1.82) is 0 Å². The Kier molecular flexibility index (Phi) is 9.75. The van der Waals surface area contributed by atoms with E-state index >= 15 is 0 Å². The molecule has 42 heavy (non-hydrogen) atoms. The lowest BCUT2D eigenvalue weighted by molar-refractivity contribution is -0.115. The summed E-state index contributed by atoms with van der Waals surface area (Å²) in [4.78, 5) is 39.8. The van der Waals surface area contributed by atoms with E-state index in [1.807, 2.05) is 34.9 Å². The van der Waals surface area contributed by atoms with Gasteiger partial charge in [-0.05, 0) is 69.2 Å². The molecular weight excluding hydrogens is 574 g/mol. The minimum absolute atomic E-state index is 0.145. The summed E-state index contributed by atoms with van der Waals surface area (Å²) in [7, 11) is 0. The Labute approximate surface area is 252 Å². The maximum Gasteiger partial charge on any atom is 0.341 e. The number of fused-ring (bicyclic) bond motifs is 1. The number of nitrogens with one attached hydrogen (secondary N) is 2. The number of amides is 2. The molecule has 0 spiro atoms. The number of hydrogen-bond acceptors (Lipinski definition) is 9. The van der Waals surface area contributed by atoms with E-state index in [-0.39, 0.29) is 30.7 Å². The zero-order chi connectivity index (χ0) is 29.5. The van der Waals surface area contributed by atoms with Crippen LogP contribution in [0.5, 0.6) is 0 Å². The molecule has 5 rings (SSSR count). The number of carbonyl (C=O) groups excluding carboxylic acids is 3. The average Bonchev–Trinajstić information content (AvgIpc) is 3.74. The summed E-state index contributed by atoms with van der Waals surface area (Å²) >= 11 is 2.75. The Morgan fingerprint density at radius 3 is 2.69 bits per heavy atom. The van der Waals surface area contributed by atoms with E-state index in [1.54, 1.807) is 26.0 Å². The molecular formula is C30H33N5O5S2. The number of hydrogen-bond donors (Lipinski definition) is 2. The third-order valence-corrected chi connectivity index (χ3v) is 9.24. The highest BCUT2D eigenvalue weighted by Crippen LogP contribution is 2.39. The van der Waals surface area contributed by atoms with Gasteiger partial charge in [-0.2, -0.15) is 0 Å². The lowest BCUT2D eigenvalue weighted by Gasteiger charge is -2.15. The molecule has 4 aromatic rings. The van der Waals surface area contributed by atoms with Crippen LogP contribution >= 0.6 is 23.1 Å². The van der Waals surface area contributed by atoms with Crippen LogP contribution in [0, 0.1) is 0 Å². The first-order valence-corrected chi connectivity index (χ1v) is 15.7. The van der Waals surface area contributed by atoms with Gasteiger partial charge in [-0.1, -0.05) is 42.1 Å². The molecule has 3 heterocycles. The Balaban J connectivity index is 1.32. The second kappa shape index (κ2) is 13.8. The maximum absolute atomic E-state index is 13.4. The van der Waals surface area contributed by atoms with Gasteiger partial charge in [0.2, 0.25) is 5.91 Å². The van der Waals surface area contributed by atoms with E-state index in [0.29, 0.717) is 28.1 Å². The molecule has 0 bridgehead atoms. The van der Waals surface area contributed by atoms with Crippen molar-refractivity contribution in [3.8, 4) is 0 Å². The number of ether oxygens (including phenoxy) is 1. The van der Waals surface area contributed by atoms with Crippen LogP contribution < -0.4 is 10.6 Å². The van der Waals surface area contributed by atoms with Gasteiger partial charge in [-0.15, -0.1) is 21.5 Å². The predicted molar refractivity (Wildman–Crippen MR) is 161 cm³/mol. The smallest absolute Gasteiger partial charge is 0.341 e. The van der Waals surface area contributed by atoms with Crippen LogP contribution in [0.4, 0.5) is 5.00 Å². The van der Waals surface area contributed by atoms with Crippen LogP contribution in [0.3, 0.4) is 0 Å². The number of furan rings is 1. The molecule has 0 fully saturated rings. The third-order valence-electron chi connectivity index (χ3n) is 6.95. The standard InChI is InChI=1S/C30H33N5O5S2/c1-3-39-29(38)25-21-12-7-8-14-23(21)42-28(25)32-26(36)19(2)41-30-34-33-24(18-31-27(37)22-13-9-17-40-22)35(30)16-15-20-10-5-4-6-11-20/h4-6,9-11,13,17,19H,3,7-8,12,14-16,18H2,1-2H3,(H,31,37)(H,32,36)/t19-/m1/s1. The molecule has 1 atom stereocenters. The van der Waals surface area contributed by atoms with Crippen molar-refractivity contribution < 1.29 is 23.5 Å². The molecule has 2 amide bonds. The van der Waals surface area contributed by atoms with E-state index in [1.165, 1.54) is 29.4 Å². The maximum atomic E-state index is 13.4. The summed E-state index contributed by atoms with van der Waals surface area (Å²) in [6.45, 7) is 4.55. The fourth-order valence-electron chi connectivity index (χ4n) is 4.80. The number of aryl methyl sites for hydroxylation is 2. The first-order valence-electron chi connectivity index (χ1n) is 14.0. The fourth-order valence-corrected chi connectivity index (χ4v) is 6.97. The molecule has 0 aliphatic heterocycles. The molecule has 10 nitrogen and oxygen atoms in total. The van der Waals surface area contributed by atoms with Gasteiger partial charge in [0, 0.05) is 11.4 Å². The van der Waals surface area contributed by atoms with Crippen LogP contribution in [-0.2, 0) is 41.9 Å². The van der Waals surface area contributed by atoms with Gasteiger partial charge < -0.3 is 24.4 Å². The van der Waals surface area contributed by atoms with E-state index in [9.17, 15) is 14.4 Å². The molecule has 2 N–H and O–H groups in total. The van der Waals surface area contributed by atoms with Crippen LogP contribution in [0.1, 0.15) is 69.4 Å². The molecule has 0 saturated heterocycles. The molecule has 1 aromatic carbocycles. The molecule has 0 unspecified atom stereocenters. The summed E-state index contributed by atoms with van der Waals surface area (Å²) in [6, 6.07) is 13.3. The van der Waals surface area contributed by atoms with E-state index in [4.69, 9.17) is 9.15 Å². The van der Waals surface area contributed by atoms with Crippen molar-refractivity contribution in [2.24, 2.45) is 0 Å². The monoisotopic (exact) mass is 607 g/mol. The van der Waals surface area contributed by atoms with Crippen molar-refractivity contribution in [1.82, 2.24) is 20.1 Å². The number of carbonyl (C=O) groups is 3. The van der Waals surface area contributed by atoms with Gasteiger partial charge in [0.05, 0.1) is 30.2 Å². The SMILES string of the molecule is CCOC(=O)c1c(NC(=O)[C@@H](C)Sc2nnc(CNC(=O)c3ccco3)n2CCc2ccccc2)sc2c1CCCC2. The molecule has 12 heteroatoms. The van der Waals surface area contributed by atoms with E-state index in [2.05, 4.69) is 20.8 Å². The van der Waals surface area contributed by atoms with E-state index in [0.717, 1.165) is 48.1 Å². The second-order valence-electron chi connectivity index (χ2n) is 9.83. The Morgan fingerprint density at radius 1 is 1.12 bits per heavy atom. The first-order chi connectivity index (χ1) is 20.4. The van der Waals surface area contributed by atoms with Crippen LogP contribution in [0.2, 0.25) is 0 Å². The molecule has 0 radical (unpaired) electrons. The van der Waals surface area contributed by atoms with E-state index < -0.39 is 11.2 Å². The minimum atomic E-state index is -0.538. The zero-order valence-electron chi connectivity index (χ0n) is 23.6. The average molecular weight is 608 g/mol. The highest BCUT2D eigenvalue weighted by molar-refractivity contribution is 8.00. The minimum Gasteiger partial charge on any atom is -0.462 e. The summed E-state index contributed by atoms with van der Waals surface area (Å²) in [5.74, 6) is -0.210. The van der Waals surface area contributed by atoms with Gasteiger partial charge >= 0.3 is 5.97 Å². The second-order valence-corrected chi connectivity index (χ2v) is 12.2. The number of benzene rings is 1. The molecule has 220 valence electrons. The first kappa shape index (κ1) is 29.6. The predicted octanol–water partition coefficient (Wildman–Crippen LogP) is 5.28. The fraction of sp³-hybridized carbons (Fsp3) is 0.367. The molecule has 1 aliphatic carbocycles. The Bertz CT molecular complexity index is 1530. The van der Waals surface area contributed by atoms with Crippen LogP contribution in [-0.4, -0.2) is 44.4 Å². The van der Waals surface area contributed by atoms with Gasteiger partial charge in [0.25, 0.3) is 5.91 Å². The number of thiophene rings is 1. The molecule has 0 saturated carbocycles.